The van der Waals surface area contributed by atoms with E-state index in [9.17, 15) is 18.0 Å². The van der Waals surface area contributed by atoms with E-state index in [-0.39, 0.29) is 19.0 Å². The zero-order valence-corrected chi connectivity index (χ0v) is 17.9. The molecule has 0 spiro atoms. The van der Waals surface area contributed by atoms with Gasteiger partial charge in [0, 0.05) is 18.7 Å². The summed E-state index contributed by atoms with van der Waals surface area (Å²) in [6, 6.07) is 1.72. The number of aliphatic imine (C=N–C) groups is 1. The van der Waals surface area contributed by atoms with Crippen molar-refractivity contribution in [1.29, 1.82) is 0 Å². The SMILES string of the molecule is CC.Cc1c(N=CN)c(CCl)n(CCNC(=O)C(F)(F)F)c1-c1sccc1Cl. The molecule has 2 aromatic heterocycles. The van der Waals surface area contributed by atoms with Gasteiger partial charge in [-0.15, -0.1) is 22.9 Å². The van der Waals surface area contributed by atoms with Crippen LogP contribution in [0.15, 0.2) is 16.4 Å². The molecule has 0 aliphatic rings. The van der Waals surface area contributed by atoms with Gasteiger partial charge in [-0.1, -0.05) is 25.4 Å². The minimum absolute atomic E-state index is 0.0593. The van der Waals surface area contributed by atoms with Crippen molar-refractivity contribution in [2.45, 2.75) is 39.4 Å². The lowest BCUT2D eigenvalue weighted by Crippen LogP contribution is -2.38. The molecule has 0 radical (unpaired) electrons. The molecule has 2 aromatic rings. The molecule has 3 N–H and O–H groups in total. The van der Waals surface area contributed by atoms with Crippen molar-refractivity contribution >= 4 is 52.5 Å². The van der Waals surface area contributed by atoms with Gasteiger partial charge in [-0.05, 0) is 18.4 Å². The monoisotopic (exact) mass is 456 g/mol. The smallest absolute Gasteiger partial charge is 0.390 e. The highest BCUT2D eigenvalue weighted by molar-refractivity contribution is 7.14. The Morgan fingerprint density at radius 3 is 2.54 bits per heavy atom. The molecule has 0 saturated heterocycles. The molecule has 28 heavy (non-hydrogen) atoms. The molecule has 0 aromatic carbocycles. The molecular formula is C17H21Cl2F3N4OS. The number of hydrogen-bond acceptors (Lipinski definition) is 3. The van der Waals surface area contributed by atoms with Gasteiger partial charge in [-0.25, -0.2) is 4.99 Å². The first-order valence-corrected chi connectivity index (χ1v) is 10.1. The second-order valence-corrected chi connectivity index (χ2v) is 6.77. The van der Waals surface area contributed by atoms with Crippen molar-refractivity contribution in [3.63, 3.8) is 0 Å². The standard InChI is InChI=1S/C15H15Cl2F3N4OS.C2H6/c1-8-11(23-7-21)10(6-16)24(4-3-22-14(25)15(18,19)20)12(8)13-9(17)2-5-26-13;1-2/h2,5,7H,3-4,6H2,1H3,(H2,21,23)(H,22,25);1-2H3. The van der Waals surface area contributed by atoms with Crippen LogP contribution in [0.4, 0.5) is 18.9 Å². The van der Waals surface area contributed by atoms with Gasteiger partial charge >= 0.3 is 12.1 Å². The van der Waals surface area contributed by atoms with Gasteiger partial charge in [0.25, 0.3) is 0 Å². The highest BCUT2D eigenvalue weighted by atomic mass is 35.5. The van der Waals surface area contributed by atoms with Gasteiger partial charge in [0.1, 0.15) is 0 Å². The first-order valence-electron chi connectivity index (χ1n) is 8.32. The number of rotatable bonds is 6. The zero-order valence-electron chi connectivity index (χ0n) is 15.5. The van der Waals surface area contributed by atoms with E-state index in [1.807, 2.05) is 19.2 Å². The maximum atomic E-state index is 12.4. The Bertz CT molecular complexity index is 831. The fourth-order valence-electron chi connectivity index (χ4n) is 2.56. The number of nitrogens with zero attached hydrogens (tertiary/aromatic N) is 2. The summed E-state index contributed by atoms with van der Waals surface area (Å²) in [7, 11) is 0. The molecule has 1 amide bonds. The molecular weight excluding hydrogens is 436 g/mol. The van der Waals surface area contributed by atoms with Crippen LogP contribution in [0.25, 0.3) is 10.6 Å². The highest BCUT2D eigenvalue weighted by Crippen LogP contribution is 2.42. The Balaban J connectivity index is 0.00000190. The van der Waals surface area contributed by atoms with Crippen LogP contribution < -0.4 is 11.1 Å². The summed E-state index contributed by atoms with van der Waals surface area (Å²) in [5.74, 6) is -1.94. The number of thiophene rings is 1. The summed E-state index contributed by atoms with van der Waals surface area (Å²) in [6.07, 6.45) is -3.81. The van der Waals surface area contributed by atoms with Crippen LogP contribution in [0, 0.1) is 6.92 Å². The summed E-state index contributed by atoms with van der Waals surface area (Å²) < 4.78 is 38.8. The summed E-state index contributed by atoms with van der Waals surface area (Å²) in [6.45, 7) is 5.63. The topological polar surface area (TPSA) is 72.4 Å². The summed E-state index contributed by atoms with van der Waals surface area (Å²) >= 11 is 13.6. The predicted octanol–water partition coefficient (Wildman–Crippen LogP) is 5.24. The third-order valence-electron chi connectivity index (χ3n) is 3.62. The van der Waals surface area contributed by atoms with Gasteiger partial charge in [0.15, 0.2) is 0 Å². The summed E-state index contributed by atoms with van der Waals surface area (Å²) in [4.78, 5) is 15.9. The quantitative estimate of drug-likeness (QED) is 0.354. The lowest BCUT2D eigenvalue weighted by Gasteiger charge is -2.14. The van der Waals surface area contributed by atoms with Crippen LogP contribution in [0.5, 0.6) is 0 Å². The molecule has 5 nitrogen and oxygen atoms in total. The largest absolute Gasteiger partial charge is 0.471 e. The number of nitrogens with one attached hydrogen (secondary N) is 1. The third-order valence-corrected chi connectivity index (χ3v) is 5.22. The minimum Gasteiger partial charge on any atom is -0.390 e. The van der Waals surface area contributed by atoms with E-state index in [0.29, 0.717) is 22.1 Å². The summed E-state index contributed by atoms with van der Waals surface area (Å²) in [5.41, 5.74) is 7.93. The zero-order chi connectivity index (χ0) is 21.5. The Kier molecular flexibility index (Phi) is 9.32. The molecule has 0 unspecified atom stereocenters. The number of amides is 1. The predicted molar refractivity (Wildman–Crippen MR) is 110 cm³/mol. The molecule has 0 saturated carbocycles. The highest BCUT2D eigenvalue weighted by Gasteiger charge is 2.38. The molecule has 2 rings (SSSR count). The number of halogens is 5. The molecule has 0 aliphatic heterocycles. The second kappa shape index (κ2) is 10.7. The van der Waals surface area contributed by atoms with E-state index in [1.165, 1.54) is 11.3 Å². The Morgan fingerprint density at radius 1 is 1.43 bits per heavy atom. The van der Waals surface area contributed by atoms with Gasteiger partial charge in [-0.2, -0.15) is 13.2 Å². The second-order valence-electron chi connectivity index (χ2n) is 5.18. The van der Waals surface area contributed by atoms with E-state index < -0.39 is 12.1 Å². The van der Waals surface area contributed by atoms with E-state index in [0.717, 1.165) is 16.8 Å². The number of carbonyl (C=O) groups is 1. The van der Waals surface area contributed by atoms with Crippen molar-refractivity contribution in [3.05, 3.63) is 27.7 Å². The molecule has 11 heteroatoms. The van der Waals surface area contributed by atoms with Crippen molar-refractivity contribution in [1.82, 2.24) is 9.88 Å². The Labute approximate surface area is 175 Å². The molecule has 0 aliphatic carbocycles. The van der Waals surface area contributed by atoms with E-state index in [1.54, 1.807) is 22.9 Å². The lowest BCUT2D eigenvalue weighted by molar-refractivity contribution is -0.173. The van der Waals surface area contributed by atoms with Crippen LogP contribution in [0.2, 0.25) is 5.02 Å². The Morgan fingerprint density at radius 2 is 2.07 bits per heavy atom. The maximum Gasteiger partial charge on any atom is 0.471 e. The normalized spacial score (nSPS) is 11.4. The number of nitrogens with two attached hydrogens (primary N) is 1. The van der Waals surface area contributed by atoms with Crippen LogP contribution in [0.1, 0.15) is 25.1 Å². The number of carbonyl (C=O) groups excluding carboxylic acids is 1. The first-order chi connectivity index (χ1) is 13.2. The first kappa shape index (κ1) is 24.3. The summed E-state index contributed by atoms with van der Waals surface area (Å²) in [5, 5.41) is 4.15. The number of hydrogen-bond donors (Lipinski definition) is 2. The van der Waals surface area contributed by atoms with Crippen LogP contribution in [0.3, 0.4) is 0 Å². The van der Waals surface area contributed by atoms with Gasteiger partial charge < -0.3 is 15.6 Å². The average Bonchev–Trinajstić information content (AvgIpc) is 3.17. The van der Waals surface area contributed by atoms with Crippen LogP contribution >= 0.6 is 34.5 Å². The van der Waals surface area contributed by atoms with Gasteiger partial charge in [0.2, 0.25) is 0 Å². The maximum absolute atomic E-state index is 12.4. The van der Waals surface area contributed by atoms with E-state index >= 15 is 0 Å². The van der Waals surface area contributed by atoms with Crippen LogP contribution in [-0.2, 0) is 17.2 Å². The van der Waals surface area contributed by atoms with Crippen molar-refractivity contribution < 1.29 is 18.0 Å². The van der Waals surface area contributed by atoms with Gasteiger partial charge in [0.05, 0.1) is 39.2 Å². The van der Waals surface area contributed by atoms with E-state index in [2.05, 4.69) is 4.99 Å². The van der Waals surface area contributed by atoms with Crippen molar-refractivity contribution in [3.8, 4) is 10.6 Å². The molecule has 0 fully saturated rings. The number of aromatic nitrogens is 1. The third kappa shape index (κ3) is 5.42. The fraction of sp³-hybridized carbons (Fsp3) is 0.412. The van der Waals surface area contributed by atoms with Crippen molar-refractivity contribution in [2.75, 3.05) is 6.54 Å². The molecule has 2 heterocycles. The minimum atomic E-state index is -4.93. The fourth-order valence-corrected chi connectivity index (χ4v) is 4.09. The lowest BCUT2D eigenvalue weighted by atomic mass is 10.2. The molecule has 0 bridgehead atoms. The molecule has 156 valence electrons. The Hall–Kier alpha value is -1.71. The van der Waals surface area contributed by atoms with Crippen LogP contribution in [-0.4, -0.2) is 29.5 Å². The molecule has 0 atom stereocenters. The van der Waals surface area contributed by atoms with Gasteiger partial charge in [-0.3, -0.25) is 4.79 Å². The average molecular weight is 457 g/mol. The van der Waals surface area contributed by atoms with E-state index in [4.69, 9.17) is 28.9 Å². The number of alkyl halides is 4. The van der Waals surface area contributed by atoms with Crippen molar-refractivity contribution in [2.24, 2.45) is 10.7 Å².